The lowest BCUT2D eigenvalue weighted by atomic mass is 9.97. The van der Waals surface area contributed by atoms with Gasteiger partial charge in [-0.2, -0.15) is 0 Å². The Bertz CT molecular complexity index is 662. The molecule has 2 aromatic heterocycles. The average molecular weight is 287 g/mol. The fourth-order valence-corrected chi connectivity index (χ4v) is 2.54. The summed E-state index contributed by atoms with van der Waals surface area (Å²) in [5.74, 6) is 0.404. The highest BCUT2D eigenvalue weighted by Gasteiger charge is 2.31. The van der Waals surface area contributed by atoms with E-state index >= 15 is 0 Å². The molecule has 0 bridgehead atoms. The summed E-state index contributed by atoms with van der Waals surface area (Å²) in [5, 5.41) is 10.3. The number of amides is 1. The minimum atomic E-state index is -0.262. The summed E-state index contributed by atoms with van der Waals surface area (Å²) in [6, 6.07) is 0. The van der Waals surface area contributed by atoms with Gasteiger partial charge in [-0.25, -0.2) is 4.98 Å². The number of likely N-dealkylation sites (tertiary alicyclic amines) is 1. The summed E-state index contributed by atoms with van der Waals surface area (Å²) in [7, 11) is 0. The molecule has 3 heterocycles. The Balaban J connectivity index is 1.86. The minimum absolute atomic E-state index is 0.0796. The molecule has 1 aliphatic rings. The van der Waals surface area contributed by atoms with Gasteiger partial charge in [0.15, 0.2) is 0 Å². The number of hydrogen-bond acceptors (Lipinski definition) is 5. The maximum Gasteiger partial charge on any atom is 0.223 e. The van der Waals surface area contributed by atoms with Crippen molar-refractivity contribution in [1.82, 2.24) is 19.9 Å². The number of nitrogens with two attached hydrogens (primary N) is 1. The Labute approximate surface area is 121 Å². The Morgan fingerprint density at radius 1 is 1.52 bits per heavy atom. The molecule has 2 aromatic rings. The van der Waals surface area contributed by atoms with Gasteiger partial charge >= 0.3 is 0 Å². The predicted octanol–water partition coefficient (Wildman–Crippen LogP) is 0.403. The highest BCUT2D eigenvalue weighted by atomic mass is 16.3. The number of nitrogens with one attached hydrogen (secondary N) is 1. The molecule has 0 radical (unpaired) electrons. The first-order valence-corrected chi connectivity index (χ1v) is 6.75. The minimum Gasteiger partial charge on any atom is -0.505 e. The molecule has 0 spiro atoms. The fourth-order valence-electron chi connectivity index (χ4n) is 2.54. The molecule has 1 amide bonds. The Kier molecular flexibility index (Phi) is 3.34. The van der Waals surface area contributed by atoms with Gasteiger partial charge in [0.25, 0.3) is 0 Å². The number of aromatic amines is 1. The standard InChI is InChI=1S/C14H17N5O2/c1-8-12(20)11(14-16-2-3-17-14)9(4-18-8)5-19-6-10(7-19)13(15)21/h2-4,10,20H,5-7H2,1H3,(H2,15,21)(H,16,17). The normalized spacial score (nSPS) is 15.9. The number of aryl methyl sites for hydroxylation is 1. The number of carbonyl (C=O) groups excluding carboxylic acids is 1. The van der Waals surface area contributed by atoms with Crippen LogP contribution in [0.1, 0.15) is 11.3 Å². The number of pyridine rings is 1. The van der Waals surface area contributed by atoms with Crippen molar-refractivity contribution in [1.29, 1.82) is 0 Å². The zero-order chi connectivity index (χ0) is 15.0. The SMILES string of the molecule is Cc1ncc(CN2CC(C(N)=O)C2)c(-c2ncc[nH]2)c1O. The Morgan fingerprint density at radius 3 is 2.90 bits per heavy atom. The van der Waals surface area contributed by atoms with Crippen molar-refractivity contribution in [3.8, 4) is 17.1 Å². The monoisotopic (exact) mass is 287 g/mol. The van der Waals surface area contributed by atoms with Crippen LogP contribution in [-0.2, 0) is 11.3 Å². The van der Waals surface area contributed by atoms with E-state index in [-0.39, 0.29) is 17.6 Å². The van der Waals surface area contributed by atoms with Gasteiger partial charge in [0.05, 0.1) is 17.2 Å². The van der Waals surface area contributed by atoms with Gasteiger partial charge in [0.2, 0.25) is 5.91 Å². The number of imidazole rings is 1. The molecule has 0 aliphatic carbocycles. The number of nitrogens with zero attached hydrogens (tertiary/aromatic N) is 3. The van der Waals surface area contributed by atoms with E-state index in [1.165, 1.54) is 0 Å². The van der Waals surface area contributed by atoms with Gasteiger partial charge in [0.1, 0.15) is 11.6 Å². The van der Waals surface area contributed by atoms with Crippen LogP contribution in [-0.4, -0.2) is 44.0 Å². The number of rotatable bonds is 4. The Morgan fingerprint density at radius 2 is 2.29 bits per heavy atom. The smallest absolute Gasteiger partial charge is 0.223 e. The predicted molar refractivity (Wildman–Crippen MR) is 76.2 cm³/mol. The molecular formula is C14H17N5O2. The molecule has 0 aromatic carbocycles. The van der Waals surface area contributed by atoms with E-state index in [2.05, 4.69) is 19.9 Å². The summed E-state index contributed by atoms with van der Waals surface area (Å²) >= 11 is 0. The van der Waals surface area contributed by atoms with Crippen LogP contribution >= 0.6 is 0 Å². The number of hydrogen-bond donors (Lipinski definition) is 3. The molecule has 110 valence electrons. The third-order valence-electron chi connectivity index (χ3n) is 3.80. The maximum absolute atomic E-state index is 11.1. The first kappa shape index (κ1) is 13.6. The highest BCUT2D eigenvalue weighted by Crippen LogP contribution is 2.33. The molecule has 4 N–H and O–H groups in total. The Hall–Kier alpha value is -2.41. The average Bonchev–Trinajstić information content (AvgIpc) is 2.90. The molecule has 21 heavy (non-hydrogen) atoms. The lowest BCUT2D eigenvalue weighted by Gasteiger charge is -2.37. The second-order valence-electron chi connectivity index (χ2n) is 5.32. The number of carbonyl (C=O) groups is 1. The summed E-state index contributed by atoms with van der Waals surface area (Å²) in [6.45, 7) is 3.63. The zero-order valence-corrected chi connectivity index (χ0v) is 11.7. The van der Waals surface area contributed by atoms with Crippen molar-refractivity contribution in [3.05, 3.63) is 29.8 Å². The molecule has 1 aliphatic heterocycles. The molecule has 3 rings (SSSR count). The first-order chi connectivity index (χ1) is 10.1. The molecule has 0 saturated carbocycles. The third-order valence-corrected chi connectivity index (χ3v) is 3.80. The van der Waals surface area contributed by atoms with Crippen molar-refractivity contribution in [2.45, 2.75) is 13.5 Å². The van der Waals surface area contributed by atoms with Crippen LogP contribution in [0.2, 0.25) is 0 Å². The van der Waals surface area contributed by atoms with Gasteiger partial charge in [-0.3, -0.25) is 14.7 Å². The van der Waals surface area contributed by atoms with Crippen LogP contribution in [0.4, 0.5) is 0 Å². The van der Waals surface area contributed by atoms with Crippen LogP contribution in [0.15, 0.2) is 18.6 Å². The molecule has 7 heteroatoms. The molecule has 0 unspecified atom stereocenters. The van der Waals surface area contributed by atoms with Crippen molar-refractivity contribution < 1.29 is 9.90 Å². The second kappa shape index (κ2) is 5.17. The van der Waals surface area contributed by atoms with E-state index in [4.69, 9.17) is 5.73 Å². The lowest BCUT2D eigenvalue weighted by molar-refractivity contribution is -0.127. The molecule has 0 atom stereocenters. The van der Waals surface area contributed by atoms with Crippen molar-refractivity contribution in [2.75, 3.05) is 13.1 Å². The number of aromatic nitrogens is 3. The van der Waals surface area contributed by atoms with Crippen molar-refractivity contribution in [2.24, 2.45) is 11.7 Å². The largest absolute Gasteiger partial charge is 0.505 e. The number of aromatic hydroxyl groups is 1. The van der Waals surface area contributed by atoms with Gasteiger partial charge < -0.3 is 15.8 Å². The van der Waals surface area contributed by atoms with E-state index in [9.17, 15) is 9.90 Å². The molecular weight excluding hydrogens is 270 g/mol. The van der Waals surface area contributed by atoms with E-state index in [1.54, 1.807) is 25.5 Å². The van der Waals surface area contributed by atoms with Crippen LogP contribution in [0, 0.1) is 12.8 Å². The molecule has 7 nitrogen and oxygen atoms in total. The lowest BCUT2D eigenvalue weighted by Crippen LogP contribution is -2.51. The van der Waals surface area contributed by atoms with Crippen LogP contribution in [0.3, 0.4) is 0 Å². The summed E-state index contributed by atoms with van der Waals surface area (Å²) in [4.78, 5) is 24.6. The zero-order valence-electron chi connectivity index (χ0n) is 11.7. The quantitative estimate of drug-likeness (QED) is 0.754. The number of H-pyrrole nitrogens is 1. The van der Waals surface area contributed by atoms with Gasteiger partial charge in [-0.15, -0.1) is 0 Å². The first-order valence-electron chi connectivity index (χ1n) is 6.75. The van der Waals surface area contributed by atoms with Crippen LogP contribution in [0.5, 0.6) is 5.75 Å². The van der Waals surface area contributed by atoms with E-state index in [1.807, 2.05) is 0 Å². The second-order valence-corrected chi connectivity index (χ2v) is 5.32. The summed E-state index contributed by atoms with van der Waals surface area (Å²) in [5.41, 5.74) is 7.36. The van der Waals surface area contributed by atoms with Gasteiger partial charge in [-0.1, -0.05) is 0 Å². The maximum atomic E-state index is 11.1. The molecule has 1 fully saturated rings. The van der Waals surface area contributed by atoms with E-state index in [0.29, 0.717) is 36.7 Å². The van der Waals surface area contributed by atoms with Gasteiger partial charge in [-0.05, 0) is 12.5 Å². The highest BCUT2D eigenvalue weighted by molar-refractivity contribution is 5.78. The summed E-state index contributed by atoms with van der Waals surface area (Å²) in [6.07, 6.45) is 5.09. The van der Waals surface area contributed by atoms with E-state index < -0.39 is 0 Å². The summed E-state index contributed by atoms with van der Waals surface area (Å²) < 4.78 is 0. The fraction of sp³-hybridized carbons (Fsp3) is 0.357. The van der Waals surface area contributed by atoms with E-state index in [0.717, 1.165) is 5.56 Å². The molecule has 1 saturated heterocycles. The van der Waals surface area contributed by atoms with Gasteiger partial charge in [0, 0.05) is 38.2 Å². The van der Waals surface area contributed by atoms with Crippen molar-refractivity contribution >= 4 is 5.91 Å². The van der Waals surface area contributed by atoms with Crippen LogP contribution < -0.4 is 5.73 Å². The topological polar surface area (TPSA) is 108 Å². The third kappa shape index (κ3) is 2.47. The van der Waals surface area contributed by atoms with Crippen molar-refractivity contribution in [3.63, 3.8) is 0 Å². The van der Waals surface area contributed by atoms with Crippen LogP contribution in [0.25, 0.3) is 11.4 Å². The number of primary amides is 1.